The summed E-state index contributed by atoms with van der Waals surface area (Å²) in [6.07, 6.45) is 1.12. The van der Waals surface area contributed by atoms with Gasteiger partial charge in [-0.25, -0.2) is 0 Å². The molecule has 4 N–H and O–H groups in total. The van der Waals surface area contributed by atoms with E-state index in [2.05, 4.69) is 33.0 Å². The highest BCUT2D eigenvalue weighted by atomic mass is 32.2. The molecule has 0 spiro atoms. The van der Waals surface area contributed by atoms with Crippen LogP contribution in [-0.4, -0.2) is 36.1 Å². The molecular formula is C24H48N2O5S. The molecule has 190 valence electrons. The topological polar surface area (TPSA) is 127 Å². The average Bonchev–Trinajstić information content (AvgIpc) is 2.44. The van der Waals surface area contributed by atoms with Crippen LogP contribution in [0.3, 0.4) is 0 Å². The summed E-state index contributed by atoms with van der Waals surface area (Å²) in [5.74, 6) is -1.87. The van der Waals surface area contributed by atoms with E-state index in [4.69, 9.17) is 5.73 Å². The van der Waals surface area contributed by atoms with Gasteiger partial charge in [-0.05, 0) is 48.3 Å². The van der Waals surface area contributed by atoms with Crippen LogP contribution in [-0.2, 0) is 19.7 Å². The van der Waals surface area contributed by atoms with Gasteiger partial charge in [0.15, 0.2) is 0 Å². The standard InChI is InChI=1S/C24H48N2O5S/c1-20(2,3)16(18(25)27)13-22(7,8)23(9,10)14-17(21(4,5)6)19(28)26-24(11,12)15-32(29,30)31/h16-17H,13-15H2,1-12H3,(H2,25,27)(H,26,28)(H,29,30,31). The zero-order valence-electron chi connectivity index (χ0n) is 22.3. The van der Waals surface area contributed by atoms with Crippen molar-refractivity contribution in [2.45, 2.75) is 101 Å². The Morgan fingerprint density at radius 3 is 1.41 bits per heavy atom. The van der Waals surface area contributed by atoms with Gasteiger partial charge in [-0.2, -0.15) is 8.42 Å². The molecule has 0 fully saturated rings. The van der Waals surface area contributed by atoms with Gasteiger partial charge >= 0.3 is 0 Å². The van der Waals surface area contributed by atoms with Crippen LogP contribution in [0.15, 0.2) is 0 Å². The molecule has 0 saturated heterocycles. The minimum Gasteiger partial charge on any atom is -0.369 e. The molecular weight excluding hydrogens is 428 g/mol. The minimum atomic E-state index is -4.24. The molecule has 0 aliphatic heterocycles. The fourth-order valence-corrected chi connectivity index (χ4v) is 5.10. The summed E-state index contributed by atoms with van der Waals surface area (Å²) in [4.78, 5) is 25.5. The van der Waals surface area contributed by atoms with Crippen molar-refractivity contribution in [2.75, 3.05) is 5.75 Å². The Bertz CT molecular complexity index is 784. The largest absolute Gasteiger partial charge is 0.369 e. The molecule has 0 saturated carbocycles. The Morgan fingerprint density at radius 2 is 1.12 bits per heavy atom. The molecule has 0 aliphatic carbocycles. The second-order valence-electron chi connectivity index (χ2n) is 13.5. The molecule has 0 aliphatic rings. The van der Waals surface area contributed by atoms with Gasteiger partial charge in [-0.3, -0.25) is 14.1 Å². The second kappa shape index (κ2) is 9.61. The Labute approximate surface area is 196 Å². The van der Waals surface area contributed by atoms with Crippen molar-refractivity contribution in [1.82, 2.24) is 5.32 Å². The number of amides is 2. The summed E-state index contributed by atoms with van der Waals surface area (Å²) >= 11 is 0. The second-order valence-corrected chi connectivity index (χ2v) is 15.0. The number of primary amides is 1. The van der Waals surface area contributed by atoms with Gasteiger partial charge in [0.1, 0.15) is 0 Å². The van der Waals surface area contributed by atoms with Crippen molar-refractivity contribution in [1.29, 1.82) is 0 Å². The first kappa shape index (κ1) is 30.9. The van der Waals surface area contributed by atoms with Gasteiger partial charge in [0.25, 0.3) is 10.1 Å². The highest BCUT2D eigenvalue weighted by Crippen LogP contribution is 2.51. The van der Waals surface area contributed by atoms with E-state index in [1.165, 1.54) is 0 Å². The van der Waals surface area contributed by atoms with Crippen LogP contribution >= 0.6 is 0 Å². The summed E-state index contributed by atoms with van der Waals surface area (Å²) in [6.45, 7) is 23.5. The summed E-state index contributed by atoms with van der Waals surface area (Å²) in [5.41, 5.74) is 3.31. The van der Waals surface area contributed by atoms with Gasteiger partial charge in [-0.15, -0.1) is 0 Å². The lowest BCUT2D eigenvalue weighted by molar-refractivity contribution is -0.134. The first-order valence-corrected chi connectivity index (χ1v) is 12.9. The van der Waals surface area contributed by atoms with Crippen LogP contribution in [0.5, 0.6) is 0 Å². The van der Waals surface area contributed by atoms with Gasteiger partial charge in [-0.1, -0.05) is 69.2 Å². The van der Waals surface area contributed by atoms with Crippen LogP contribution in [0.2, 0.25) is 0 Å². The predicted molar refractivity (Wildman–Crippen MR) is 131 cm³/mol. The van der Waals surface area contributed by atoms with E-state index in [1.807, 2.05) is 41.5 Å². The lowest BCUT2D eigenvalue weighted by atomic mass is 9.56. The molecule has 0 radical (unpaired) electrons. The molecule has 32 heavy (non-hydrogen) atoms. The summed E-state index contributed by atoms with van der Waals surface area (Å²) in [7, 11) is -4.24. The van der Waals surface area contributed by atoms with Gasteiger partial charge < -0.3 is 11.1 Å². The molecule has 2 unspecified atom stereocenters. The molecule has 2 atom stereocenters. The van der Waals surface area contributed by atoms with E-state index in [1.54, 1.807) is 13.8 Å². The van der Waals surface area contributed by atoms with Gasteiger partial charge in [0.05, 0.1) is 11.3 Å². The Hall–Kier alpha value is -1.15. The molecule has 0 bridgehead atoms. The molecule has 2 amide bonds. The lowest BCUT2D eigenvalue weighted by Crippen LogP contribution is -2.53. The highest BCUT2D eigenvalue weighted by molar-refractivity contribution is 7.85. The quantitative estimate of drug-likeness (QED) is 0.402. The van der Waals surface area contributed by atoms with E-state index in [-0.39, 0.29) is 34.0 Å². The maximum Gasteiger partial charge on any atom is 0.267 e. The number of hydrogen-bond donors (Lipinski definition) is 3. The number of rotatable bonds is 10. The highest BCUT2D eigenvalue weighted by Gasteiger charge is 2.47. The smallest absolute Gasteiger partial charge is 0.267 e. The Kier molecular flexibility index (Phi) is 9.26. The number of nitrogens with one attached hydrogen (secondary N) is 1. The van der Waals surface area contributed by atoms with Gasteiger partial charge in [0.2, 0.25) is 11.8 Å². The maximum atomic E-state index is 13.3. The van der Waals surface area contributed by atoms with E-state index in [0.717, 1.165) is 0 Å². The predicted octanol–water partition coefficient (Wildman–Crippen LogP) is 4.41. The number of hydrogen-bond acceptors (Lipinski definition) is 4. The monoisotopic (exact) mass is 476 g/mol. The third-order valence-corrected chi connectivity index (χ3v) is 8.10. The molecule has 7 nitrogen and oxygen atoms in total. The van der Waals surface area contributed by atoms with Crippen molar-refractivity contribution >= 4 is 21.9 Å². The van der Waals surface area contributed by atoms with Crippen molar-refractivity contribution in [3.8, 4) is 0 Å². The van der Waals surface area contributed by atoms with Crippen molar-refractivity contribution in [3.05, 3.63) is 0 Å². The van der Waals surface area contributed by atoms with E-state index < -0.39 is 32.7 Å². The Morgan fingerprint density at radius 1 is 0.781 bits per heavy atom. The molecule has 0 aromatic heterocycles. The molecule has 8 heteroatoms. The van der Waals surface area contributed by atoms with E-state index in [9.17, 15) is 22.6 Å². The zero-order valence-corrected chi connectivity index (χ0v) is 23.2. The SMILES string of the molecule is CC(C)(CS(=O)(=O)O)NC(=O)C(CC(C)(C)C(C)(C)CC(C(N)=O)C(C)(C)C)C(C)(C)C. The van der Waals surface area contributed by atoms with Crippen molar-refractivity contribution < 1.29 is 22.6 Å². The van der Waals surface area contributed by atoms with Crippen molar-refractivity contribution in [3.63, 3.8) is 0 Å². The molecule has 0 aromatic rings. The van der Waals surface area contributed by atoms with Crippen LogP contribution in [0.1, 0.15) is 95.9 Å². The van der Waals surface area contributed by atoms with Crippen LogP contribution in [0, 0.1) is 33.5 Å². The summed E-state index contributed by atoms with van der Waals surface area (Å²) in [5, 5.41) is 2.82. The third-order valence-electron chi connectivity index (χ3n) is 7.02. The maximum absolute atomic E-state index is 13.3. The molecule has 0 aromatic carbocycles. The van der Waals surface area contributed by atoms with Gasteiger partial charge in [0, 0.05) is 11.8 Å². The molecule has 0 rings (SSSR count). The number of carbonyl (C=O) groups excluding carboxylic acids is 2. The summed E-state index contributed by atoms with van der Waals surface area (Å²) in [6, 6.07) is 0. The minimum absolute atomic E-state index is 0.253. The summed E-state index contributed by atoms with van der Waals surface area (Å²) < 4.78 is 32.0. The third kappa shape index (κ3) is 9.38. The van der Waals surface area contributed by atoms with E-state index >= 15 is 0 Å². The first-order chi connectivity index (χ1) is 13.7. The normalized spacial score (nSPS) is 16.4. The van der Waals surface area contributed by atoms with Crippen molar-refractivity contribution in [2.24, 2.45) is 39.2 Å². The fraction of sp³-hybridized carbons (Fsp3) is 0.917. The van der Waals surface area contributed by atoms with Crippen LogP contribution in [0.4, 0.5) is 0 Å². The Balaban J connectivity index is 5.92. The average molecular weight is 477 g/mol. The van der Waals surface area contributed by atoms with E-state index in [0.29, 0.717) is 12.8 Å². The lowest BCUT2D eigenvalue weighted by Gasteiger charge is -2.48. The fourth-order valence-electron chi connectivity index (χ4n) is 4.11. The zero-order chi connectivity index (χ0) is 26.1. The van der Waals surface area contributed by atoms with Crippen LogP contribution < -0.4 is 11.1 Å². The number of nitrogens with two attached hydrogens (primary N) is 1. The first-order valence-electron chi connectivity index (χ1n) is 11.3. The molecule has 0 heterocycles. The number of carbonyl (C=O) groups is 2. The van der Waals surface area contributed by atoms with Crippen LogP contribution in [0.25, 0.3) is 0 Å².